The van der Waals surface area contributed by atoms with Gasteiger partial charge >= 0.3 is 0 Å². The van der Waals surface area contributed by atoms with E-state index in [0.29, 0.717) is 57.2 Å². The van der Waals surface area contributed by atoms with Crippen LogP contribution in [0.5, 0.6) is 28.7 Å². The highest BCUT2D eigenvalue weighted by atomic mass is 32.1. The van der Waals surface area contributed by atoms with E-state index < -0.39 is 0 Å². The minimum absolute atomic E-state index is 0.198. The van der Waals surface area contributed by atoms with Crippen LogP contribution in [0.3, 0.4) is 0 Å². The molecule has 0 fully saturated rings. The van der Waals surface area contributed by atoms with Gasteiger partial charge in [0, 0.05) is 54.3 Å². The summed E-state index contributed by atoms with van der Waals surface area (Å²) >= 11 is 1.30. The average molecular weight is 563 g/mol. The largest absolute Gasteiger partial charge is 0.496 e. The molecule has 0 aliphatic carbocycles. The van der Waals surface area contributed by atoms with Gasteiger partial charge in [-0.1, -0.05) is 6.07 Å². The van der Waals surface area contributed by atoms with Crippen molar-refractivity contribution in [2.24, 2.45) is 0 Å². The van der Waals surface area contributed by atoms with E-state index in [9.17, 15) is 4.79 Å². The lowest BCUT2D eigenvalue weighted by Gasteiger charge is -2.27. The number of nitrogens with two attached hydrogens (primary N) is 1. The Balaban J connectivity index is 1.46. The molecule has 2 aromatic carbocycles. The van der Waals surface area contributed by atoms with Crippen LogP contribution in [0, 0.1) is 0 Å². The van der Waals surface area contributed by atoms with Gasteiger partial charge in [0.1, 0.15) is 15.5 Å². The van der Waals surface area contributed by atoms with Crippen molar-refractivity contribution >= 4 is 33.1 Å². The van der Waals surface area contributed by atoms with E-state index in [2.05, 4.69) is 17.3 Å². The standard InChI is InChI=1S/C29H30N4O6S/c1-33-8-7-18-17(13-33)24(16-10-21(36-3)22(37-4)11-20(16)35-2)25-26(30)27(40-29(25)32-18)28(34)31-12-15-5-6-19-23(9-15)39-14-38-19/h5-6,9-11H,7-8,12-14,30H2,1-4H3,(H,31,34). The van der Waals surface area contributed by atoms with Crippen LogP contribution < -0.4 is 34.7 Å². The summed E-state index contributed by atoms with van der Waals surface area (Å²) in [6.07, 6.45) is 0.786. The number of nitrogens with one attached hydrogen (secondary N) is 1. The highest BCUT2D eigenvalue weighted by molar-refractivity contribution is 7.21. The number of nitrogen functional groups attached to an aromatic ring is 1. The molecule has 0 saturated carbocycles. The van der Waals surface area contributed by atoms with E-state index in [1.165, 1.54) is 11.3 Å². The van der Waals surface area contributed by atoms with Crippen LogP contribution in [0.2, 0.25) is 0 Å². The first-order chi connectivity index (χ1) is 19.4. The van der Waals surface area contributed by atoms with E-state index in [1.54, 1.807) is 27.4 Å². The summed E-state index contributed by atoms with van der Waals surface area (Å²) < 4.78 is 27.8. The predicted octanol–water partition coefficient (Wildman–Crippen LogP) is 4.22. The van der Waals surface area contributed by atoms with Crippen molar-refractivity contribution in [2.75, 3.05) is 47.4 Å². The summed E-state index contributed by atoms with van der Waals surface area (Å²) in [5, 5.41) is 3.73. The third-order valence-corrected chi connectivity index (χ3v) is 8.39. The van der Waals surface area contributed by atoms with Gasteiger partial charge in [-0.2, -0.15) is 0 Å². The Hall–Kier alpha value is -4.22. The molecule has 0 radical (unpaired) electrons. The first-order valence-electron chi connectivity index (χ1n) is 12.8. The van der Waals surface area contributed by atoms with Gasteiger partial charge in [-0.25, -0.2) is 4.98 Å². The van der Waals surface area contributed by atoms with Gasteiger partial charge in [0.15, 0.2) is 23.0 Å². The monoisotopic (exact) mass is 562 g/mol. The summed E-state index contributed by atoms with van der Waals surface area (Å²) in [4.78, 5) is 21.8. The van der Waals surface area contributed by atoms with Crippen LogP contribution in [0.25, 0.3) is 21.3 Å². The molecule has 1 amide bonds. The van der Waals surface area contributed by atoms with Crippen LogP contribution in [-0.4, -0.2) is 57.5 Å². The predicted molar refractivity (Wildman–Crippen MR) is 153 cm³/mol. The lowest BCUT2D eigenvalue weighted by Crippen LogP contribution is -2.28. The van der Waals surface area contributed by atoms with E-state index in [-0.39, 0.29) is 12.7 Å². The number of hydrogen-bond donors (Lipinski definition) is 2. The Labute approximate surface area is 235 Å². The number of hydrogen-bond acceptors (Lipinski definition) is 10. The number of methoxy groups -OCH3 is 3. The first-order valence-corrected chi connectivity index (χ1v) is 13.6. The fraction of sp³-hybridized carbons (Fsp3) is 0.310. The molecule has 10 nitrogen and oxygen atoms in total. The second-order valence-electron chi connectivity index (χ2n) is 9.70. The number of ether oxygens (including phenoxy) is 5. The molecule has 11 heteroatoms. The Morgan fingerprint density at radius 1 is 1.07 bits per heavy atom. The minimum Gasteiger partial charge on any atom is -0.496 e. The maximum absolute atomic E-state index is 13.4. The number of benzene rings is 2. The van der Waals surface area contributed by atoms with E-state index >= 15 is 0 Å². The number of nitrogens with zero attached hydrogens (tertiary/aromatic N) is 2. The second-order valence-corrected chi connectivity index (χ2v) is 10.7. The van der Waals surface area contributed by atoms with Crippen molar-refractivity contribution in [3.05, 3.63) is 52.0 Å². The fourth-order valence-electron chi connectivity index (χ4n) is 5.26. The van der Waals surface area contributed by atoms with E-state index in [1.807, 2.05) is 24.3 Å². The molecule has 2 aliphatic heterocycles. The zero-order valence-electron chi connectivity index (χ0n) is 22.8. The molecular formula is C29H30N4O6S. The van der Waals surface area contributed by atoms with Crippen molar-refractivity contribution in [1.29, 1.82) is 0 Å². The highest BCUT2D eigenvalue weighted by Gasteiger charge is 2.29. The molecule has 3 N–H and O–H groups in total. The maximum atomic E-state index is 13.4. The summed E-state index contributed by atoms with van der Waals surface area (Å²) in [5.74, 6) is 2.83. The SMILES string of the molecule is COc1cc(OC)c(-c2c3c(nc4sc(C(=O)NCc5ccc6c(c5)OCO6)c(N)c24)CCN(C)C3)cc1OC. The Bertz CT molecular complexity index is 1640. The number of fused-ring (bicyclic) bond motifs is 3. The maximum Gasteiger partial charge on any atom is 0.263 e. The molecule has 2 aromatic heterocycles. The van der Waals surface area contributed by atoms with E-state index in [0.717, 1.165) is 46.3 Å². The van der Waals surface area contributed by atoms with E-state index in [4.69, 9.17) is 34.4 Å². The van der Waals surface area contributed by atoms with Crippen LogP contribution in [-0.2, 0) is 19.5 Å². The average Bonchev–Trinajstić information content (AvgIpc) is 3.57. The molecule has 4 heterocycles. The summed E-state index contributed by atoms with van der Waals surface area (Å²) in [6, 6.07) is 9.31. The smallest absolute Gasteiger partial charge is 0.263 e. The Morgan fingerprint density at radius 3 is 2.60 bits per heavy atom. The Kier molecular flexibility index (Phi) is 6.77. The second kappa shape index (κ2) is 10.4. The van der Waals surface area contributed by atoms with Crippen LogP contribution in [0.4, 0.5) is 5.69 Å². The molecule has 0 unspecified atom stereocenters. The number of thiophene rings is 1. The molecule has 0 bridgehead atoms. The van der Waals surface area contributed by atoms with Crippen LogP contribution in [0.15, 0.2) is 30.3 Å². The van der Waals surface area contributed by atoms with Crippen molar-refractivity contribution in [3.63, 3.8) is 0 Å². The van der Waals surface area contributed by atoms with Gasteiger partial charge < -0.3 is 39.6 Å². The Morgan fingerprint density at radius 2 is 1.82 bits per heavy atom. The minimum atomic E-state index is -0.265. The number of carbonyl (C=O) groups excluding carboxylic acids is 1. The number of aromatic nitrogens is 1. The van der Waals surface area contributed by atoms with Gasteiger partial charge in [0.25, 0.3) is 5.91 Å². The number of amides is 1. The van der Waals surface area contributed by atoms with Crippen molar-refractivity contribution < 1.29 is 28.5 Å². The third kappa shape index (κ3) is 4.40. The molecule has 208 valence electrons. The molecule has 2 aliphatic rings. The zero-order chi connectivity index (χ0) is 28.0. The van der Waals surface area contributed by atoms with Crippen molar-refractivity contribution in [2.45, 2.75) is 19.5 Å². The van der Waals surface area contributed by atoms with Gasteiger partial charge in [0.2, 0.25) is 6.79 Å². The van der Waals surface area contributed by atoms with Crippen LogP contribution >= 0.6 is 11.3 Å². The summed E-state index contributed by atoms with van der Waals surface area (Å²) in [7, 11) is 6.88. The molecule has 0 saturated heterocycles. The molecule has 6 rings (SSSR count). The highest BCUT2D eigenvalue weighted by Crippen LogP contribution is 2.48. The van der Waals surface area contributed by atoms with Crippen LogP contribution in [0.1, 0.15) is 26.5 Å². The number of anilines is 1. The molecule has 0 atom stereocenters. The number of rotatable bonds is 7. The van der Waals surface area contributed by atoms with Gasteiger partial charge in [-0.05, 0) is 36.4 Å². The van der Waals surface area contributed by atoms with Gasteiger partial charge in [-0.15, -0.1) is 11.3 Å². The van der Waals surface area contributed by atoms with Crippen molar-refractivity contribution in [1.82, 2.24) is 15.2 Å². The number of carbonyl (C=O) groups is 1. The first kappa shape index (κ1) is 26.0. The zero-order valence-corrected chi connectivity index (χ0v) is 23.6. The quantitative estimate of drug-likeness (QED) is 0.341. The third-order valence-electron chi connectivity index (χ3n) is 7.29. The molecular weight excluding hydrogens is 532 g/mol. The van der Waals surface area contributed by atoms with Gasteiger partial charge in [0.05, 0.1) is 27.0 Å². The van der Waals surface area contributed by atoms with Gasteiger partial charge in [-0.3, -0.25) is 4.79 Å². The van der Waals surface area contributed by atoms with Crippen molar-refractivity contribution in [3.8, 4) is 39.9 Å². The summed E-state index contributed by atoms with van der Waals surface area (Å²) in [6.45, 7) is 2.08. The lowest BCUT2D eigenvalue weighted by molar-refractivity contribution is 0.0955. The molecule has 40 heavy (non-hydrogen) atoms. The number of likely N-dealkylation sites (N-methyl/N-ethyl adjacent to an activating group) is 1. The lowest BCUT2D eigenvalue weighted by atomic mass is 9.91. The summed E-state index contributed by atoms with van der Waals surface area (Å²) in [5.41, 5.74) is 11.8. The fourth-order valence-corrected chi connectivity index (χ4v) is 6.30. The number of pyridine rings is 1. The topological polar surface area (TPSA) is 117 Å². The normalized spacial score (nSPS) is 14.2. The molecule has 0 spiro atoms. The molecule has 4 aromatic rings.